The van der Waals surface area contributed by atoms with E-state index in [1.807, 2.05) is 48.5 Å². The molecule has 1 aromatic heterocycles. The molecule has 0 radical (unpaired) electrons. The highest BCUT2D eigenvalue weighted by Gasteiger charge is 2.16. The van der Waals surface area contributed by atoms with E-state index in [2.05, 4.69) is 25.5 Å². The SMILES string of the molecule is COc1cc(Nc2nccc(-c3ccc(NC(=O)CN)cc3)n2)ccc1N1CCOCC1. The van der Waals surface area contributed by atoms with Gasteiger partial charge in [-0.15, -0.1) is 0 Å². The second-order valence-corrected chi connectivity index (χ2v) is 7.21. The van der Waals surface area contributed by atoms with Crippen molar-refractivity contribution in [2.45, 2.75) is 0 Å². The number of rotatable bonds is 7. The number of anilines is 4. The van der Waals surface area contributed by atoms with Gasteiger partial charge in [-0.2, -0.15) is 0 Å². The van der Waals surface area contributed by atoms with E-state index in [4.69, 9.17) is 15.2 Å². The van der Waals surface area contributed by atoms with Crippen LogP contribution in [0.15, 0.2) is 54.7 Å². The second kappa shape index (κ2) is 10.1. The molecule has 0 unspecified atom stereocenters. The highest BCUT2D eigenvalue weighted by molar-refractivity contribution is 5.92. The Bertz CT molecular complexity index is 1070. The van der Waals surface area contributed by atoms with Gasteiger partial charge in [-0.1, -0.05) is 12.1 Å². The first-order valence-corrected chi connectivity index (χ1v) is 10.4. The summed E-state index contributed by atoms with van der Waals surface area (Å²) in [6.45, 7) is 3.04. The fourth-order valence-corrected chi connectivity index (χ4v) is 3.47. The molecular formula is C23H26N6O3. The van der Waals surface area contributed by atoms with Crippen molar-refractivity contribution < 1.29 is 14.3 Å². The smallest absolute Gasteiger partial charge is 0.238 e. The molecule has 4 rings (SSSR count). The maximum atomic E-state index is 11.4. The molecule has 4 N–H and O–H groups in total. The van der Waals surface area contributed by atoms with Crippen molar-refractivity contribution in [3.8, 4) is 17.0 Å². The van der Waals surface area contributed by atoms with Crippen LogP contribution in [0.25, 0.3) is 11.3 Å². The first-order chi connectivity index (χ1) is 15.7. The van der Waals surface area contributed by atoms with Gasteiger partial charge in [-0.25, -0.2) is 9.97 Å². The lowest BCUT2D eigenvalue weighted by molar-refractivity contribution is -0.114. The van der Waals surface area contributed by atoms with Crippen molar-refractivity contribution >= 4 is 28.9 Å². The molecule has 1 amide bonds. The predicted octanol–water partition coefficient (Wildman–Crippen LogP) is 2.63. The fraction of sp³-hybridized carbons (Fsp3) is 0.261. The van der Waals surface area contributed by atoms with Gasteiger partial charge < -0.3 is 30.7 Å². The summed E-state index contributed by atoms with van der Waals surface area (Å²) in [7, 11) is 1.67. The van der Waals surface area contributed by atoms with E-state index in [1.165, 1.54) is 0 Å². The van der Waals surface area contributed by atoms with Crippen LogP contribution in [-0.4, -0.2) is 55.8 Å². The van der Waals surface area contributed by atoms with E-state index in [0.717, 1.165) is 41.5 Å². The molecule has 0 bridgehead atoms. The highest BCUT2D eigenvalue weighted by Crippen LogP contribution is 2.32. The van der Waals surface area contributed by atoms with Gasteiger partial charge in [-0.05, 0) is 30.3 Å². The van der Waals surface area contributed by atoms with E-state index in [1.54, 1.807) is 13.3 Å². The van der Waals surface area contributed by atoms with Crippen molar-refractivity contribution in [3.63, 3.8) is 0 Å². The Morgan fingerprint density at radius 2 is 1.88 bits per heavy atom. The third kappa shape index (κ3) is 5.13. The third-order valence-electron chi connectivity index (χ3n) is 5.09. The lowest BCUT2D eigenvalue weighted by atomic mass is 10.1. The van der Waals surface area contributed by atoms with Crippen LogP contribution < -0.4 is 26.0 Å². The summed E-state index contributed by atoms with van der Waals surface area (Å²) in [5.41, 5.74) is 9.55. The number of nitrogens with one attached hydrogen (secondary N) is 2. The lowest BCUT2D eigenvalue weighted by Crippen LogP contribution is -2.36. The lowest BCUT2D eigenvalue weighted by Gasteiger charge is -2.30. The molecule has 1 aliphatic rings. The number of nitrogens with two attached hydrogens (primary N) is 1. The molecule has 1 saturated heterocycles. The van der Waals surface area contributed by atoms with Crippen molar-refractivity contribution in [2.75, 3.05) is 55.5 Å². The van der Waals surface area contributed by atoms with Gasteiger partial charge in [0, 0.05) is 42.3 Å². The number of carbonyl (C=O) groups is 1. The number of benzene rings is 2. The van der Waals surface area contributed by atoms with Gasteiger partial charge in [0.15, 0.2) is 0 Å². The number of ether oxygens (including phenoxy) is 2. The number of nitrogens with zero attached hydrogens (tertiary/aromatic N) is 3. The second-order valence-electron chi connectivity index (χ2n) is 7.21. The Morgan fingerprint density at radius 1 is 1.12 bits per heavy atom. The van der Waals surface area contributed by atoms with Crippen LogP contribution in [-0.2, 0) is 9.53 Å². The Balaban J connectivity index is 1.49. The van der Waals surface area contributed by atoms with Crippen LogP contribution in [0.2, 0.25) is 0 Å². The van der Waals surface area contributed by atoms with E-state index in [9.17, 15) is 4.79 Å². The molecule has 3 aromatic rings. The molecule has 9 nitrogen and oxygen atoms in total. The Hall–Kier alpha value is -3.69. The summed E-state index contributed by atoms with van der Waals surface area (Å²) in [5.74, 6) is 1.02. The number of amides is 1. The number of carbonyl (C=O) groups excluding carboxylic acids is 1. The summed E-state index contributed by atoms with van der Waals surface area (Å²) in [6.07, 6.45) is 1.70. The number of morpholine rings is 1. The molecule has 0 saturated carbocycles. The van der Waals surface area contributed by atoms with E-state index in [0.29, 0.717) is 24.8 Å². The third-order valence-corrected chi connectivity index (χ3v) is 5.09. The number of hydrogen-bond acceptors (Lipinski definition) is 8. The quantitative estimate of drug-likeness (QED) is 0.520. The van der Waals surface area contributed by atoms with Crippen molar-refractivity contribution in [1.82, 2.24) is 9.97 Å². The zero-order valence-electron chi connectivity index (χ0n) is 17.9. The maximum Gasteiger partial charge on any atom is 0.238 e. The molecule has 0 atom stereocenters. The molecule has 166 valence electrons. The summed E-state index contributed by atoms with van der Waals surface area (Å²) in [6, 6.07) is 15.2. The number of methoxy groups -OCH3 is 1. The van der Waals surface area contributed by atoms with Crippen LogP contribution >= 0.6 is 0 Å². The number of hydrogen-bond donors (Lipinski definition) is 3. The van der Waals surface area contributed by atoms with Crippen LogP contribution in [0.3, 0.4) is 0 Å². The summed E-state index contributed by atoms with van der Waals surface area (Å²) in [4.78, 5) is 22.6. The van der Waals surface area contributed by atoms with Crippen molar-refractivity contribution in [1.29, 1.82) is 0 Å². The molecule has 1 fully saturated rings. The first kappa shape index (κ1) is 21.5. The molecule has 0 aliphatic carbocycles. The monoisotopic (exact) mass is 434 g/mol. The standard InChI is InChI=1S/C23H26N6O3/c1-31-21-14-18(6-7-20(21)29-10-12-32-13-11-29)27-23-25-9-8-19(28-23)16-2-4-17(5-3-16)26-22(30)15-24/h2-9,14H,10-13,15,24H2,1H3,(H,26,30)(H,25,27,28). The van der Waals surface area contributed by atoms with Crippen LogP contribution in [0.4, 0.5) is 23.0 Å². The number of aromatic nitrogens is 2. The van der Waals surface area contributed by atoms with E-state index in [-0.39, 0.29) is 12.5 Å². The van der Waals surface area contributed by atoms with E-state index < -0.39 is 0 Å². The summed E-state index contributed by atoms with van der Waals surface area (Å²) >= 11 is 0. The Labute approximate surface area is 186 Å². The minimum absolute atomic E-state index is 0.0547. The fourth-order valence-electron chi connectivity index (χ4n) is 3.47. The van der Waals surface area contributed by atoms with Gasteiger partial charge in [0.2, 0.25) is 11.9 Å². The maximum absolute atomic E-state index is 11.4. The highest BCUT2D eigenvalue weighted by atomic mass is 16.5. The predicted molar refractivity (Wildman–Crippen MR) is 124 cm³/mol. The van der Waals surface area contributed by atoms with Crippen LogP contribution in [0.1, 0.15) is 0 Å². The van der Waals surface area contributed by atoms with Crippen molar-refractivity contribution in [3.05, 3.63) is 54.7 Å². The van der Waals surface area contributed by atoms with E-state index >= 15 is 0 Å². The molecule has 0 spiro atoms. The molecule has 1 aliphatic heterocycles. The first-order valence-electron chi connectivity index (χ1n) is 10.4. The molecule has 2 heterocycles. The minimum atomic E-state index is -0.235. The molecule has 32 heavy (non-hydrogen) atoms. The summed E-state index contributed by atoms with van der Waals surface area (Å²) < 4.78 is 11.1. The molecule has 9 heteroatoms. The van der Waals surface area contributed by atoms with Gasteiger partial charge in [-0.3, -0.25) is 4.79 Å². The molecule has 2 aromatic carbocycles. The van der Waals surface area contributed by atoms with Gasteiger partial charge in [0.05, 0.1) is 38.2 Å². The average molecular weight is 435 g/mol. The largest absolute Gasteiger partial charge is 0.495 e. The molecular weight excluding hydrogens is 408 g/mol. The zero-order chi connectivity index (χ0) is 22.3. The topological polar surface area (TPSA) is 115 Å². The Morgan fingerprint density at radius 3 is 2.59 bits per heavy atom. The average Bonchev–Trinajstić information content (AvgIpc) is 2.85. The van der Waals surface area contributed by atoms with Crippen molar-refractivity contribution in [2.24, 2.45) is 5.73 Å². The van der Waals surface area contributed by atoms with Gasteiger partial charge in [0.25, 0.3) is 0 Å². The van der Waals surface area contributed by atoms with Gasteiger partial charge in [0.1, 0.15) is 5.75 Å². The summed E-state index contributed by atoms with van der Waals surface area (Å²) in [5, 5.41) is 5.97. The zero-order valence-corrected chi connectivity index (χ0v) is 17.9. The normalized spacial score (nSPS) is 13.5. The Kier molecular flexibility index (Phi) is 6.78. The van der Waals surface area contributed by atoms with Crippen LogP contribution in [0.5, 0.6) is 5.75 Å². The van der Waals surface area contributed by atoms with Gasteiger partial charge >= 0.3 is 0 Å². The minimum Gasteiger partial charge on any atom is -0.495 e. The van der Waals surface area contributed by atoms with Crippen LogP contribution in [0, 0.1) is 0 Å².